The van der Waals surface area contributed by atoms with E-state index in [0.717, 1.165) is 25.9 Å². The molecule has 2 rings (SSSR count). The first-order valence-electron chi connectivity index (χ1n) is 6.52. The highest BCUT2D eigenvalue weighted by atomic mass is 16.7. The van der Waals surface area contributed by atoms with Crippen LogP contribution in [0.2, 0.25) is 0 Å². The smallest absolute Gasteiger partial charge is 0.169 e. The molecule has 2 nitrogen and oxygen atoms in total. The summed E-state index contributed by atoms with van der Waals surface area (Å²) in [6.07, 6.45) is 9.50. The fourth-order valence-corrected chi connectivity index (χ4v) is 3.09. The van der Waals surface area contributed by atoms with Gasteiger partial charge >= 0.3 is 0 Å². The van der Waals surface area contributed by atoms with Gasteiger partial charge in [-0.25, -0.2) is 0 Å². The van der Waals surface area contributed by atoms with Gasteiger partial charge in [0.25, 0.3) is 0 Å². The third-order valence-corrected chi connectivity index (χ3v) is 3.79. The van der Waals surface area contributed by atoms with Crippen LogP contribution in [0.15, 0.2) is 0 Å². The molecule has 2 atom stereocenters. The first-order valence-corrected chi connectivity index (χ1v) is 6.52. The molecule has 88 valence electrons. The molecule has 0 aromatic rings. The quantitative estimate of drug-likeness (QED) is 0.695. The van der Waals surface area contributed by atoms with Crippen LogP contribution in [0.5, 0.6) is 0 Å². The molecule has 2 saturated heterocycles. The van der Waals surface area contributed by atoms with E-state index in [1.165, 1.54) is 32.1 Å². The summed E-state index contributed by atoms with van der Waals surface area (Å²) in [5.74, 6) is -0.208. The van der Waals surface area contributed by atoms with Crippen molar-refractivity contribution in [1.29, 1.82) is 0 Å². The fraction of sp³-hybridized carbons (Fsp3) is 1.00. The van der Waals surface area contributed by atoms with E-state index in [1.807, 2.05) is 0 Å². The number of hydrogen-bond donors (Lipinski definition) is 0. The van der Waals surface area contributed by atoms with Gasteiger partial charge in [-0.05, 0) is 39.0 Å². The largest absolute Gasteiger partial charge is 0.350 e. The van der Waals surface area contributed by atoms with Gasteiger partial charge in [0.2, 0.25) is 0 Å². The Morgan fingerprint density at radius 3 is 2.53 bits per heavy atom. The molecular weight excluding hydrogens is 188 g/mol. The minimum absolute atomic E-state index is 0.0737. The molecule has 0 amide bonds. The summed E-state index contributed by atoms with van der Waals surface area (Å²) in [6.45, 7) is 5.38. The van der Waals surface area contributed by atoms with Gasteiger partial charge in [0, 0.05) is 12.8 Å². The van der Waals surface area contributed by atoms with Gasteiger partial charge in [-0.15, -0.1) is 0 Å². The molecule has 2 fully saturated rings. The first kappa shape index (κ1) is 11.4. The normalized spacial score (nSPS) is 42.0. The van der Waals surface area contributed by atoms with Gasteiger partial charge in [0.05, 0.1) is 12.2 Å². The molecule has 1 spiro atoms. The molecular formula is C13H24O2. The molecule has 2 unspecified atom stereocenters. The molecule has 0 aromatic heterocycles. The molecule has 0 aromatic carbocycles. The van der Waals surface area contributed by atoms with Crippen molar-refractivity contribution in [2.24, 2.45) is 0 Å². The highest BCUT2D eigenvalue weighted by Gasteiger charge is 2.44. The first-order chi connectivity index (χ1) is 7.18. The van der Waals surface area contributed by atoms with Crippen LogP contribution in [0.4, 0.5) is 0 Å². The van der Waals surface area contributed by atoms with E-state index in [2.05, 4.69) is 13.8 Å². The van der Waals surface area contributed by atoms with Crippen LogP contribution in [-0.2, 0) is 9.47 Å². The van der Waals surface area contributed by atoms with Crippen LogP contribution in [-0.4, -0.2) is 18.0 Å². The van der Waals surface area contributed by atoms with Crippen molar-refractivity contribution < 1.29 is 9.47 Å². The van der Waals surface area contributed by atoms with E-state index in [9.17, 15) is 0 Å². The summed E-state index contributed by atoms with van der Waals surface area (Å²) in [4.78, 5) is 0. The second-order valence-corrected chi connectivity index (χ2v) is 5.37. The van der Waals surface area contributed by atoms with Gasteiger partial charge in [-0.3, -0.25) is 0 Å². The Bertz CT molecular complexity index is 199. The van der Waals surface area contributed by atoms with Gasteiger partial charge in [0.1, 0.15) is 0 Å². The van der Waals surface area contributed by atoms with E-state index in [4.69, 9.17) is 9.47 Å². The number of ether oxygens (including phenoxy) is 2. The zero-order chi connectivity index (χ0) is 10.8. The lowest BCUT2D eigenvalue weighted by atomic mass is 9.86. The third-order valence-electron chi connectivity index (χ3n) is 3.79. The van der Waals surface area contributed by atoms with Gasteiger partial charge in [-0.2, -0.15) is 0 Å². The van der Waals surface area contributed by atoms with E-state index in [0.29, 0.717) is 0 Å². The van der Waals surface area contributed by atoms with Crippen LogP contribution in [0.3, 0.4) is 0 Å². The lowest BCUT2D eigenvalue weighted by molar-refractivity contribution is -0.322. The second kappa shape index (κ2) is 4.42. The zero-order valence-corrected chi connectivity index (χ0v) is 10.2. The van der Waals surface area contributed by atoms with E-state index in [-0.39, 0.29) is 11.4 Å². The molecule has 2 heterocycles. The van der Waals surface area contributed by atoms with E-state index >= 15 is 0 Å². The van der Waals surface area contributed by atoms with Crippen molar-refractivity contribution in [3.8, 4) is 0 Å². The van der Waals surface area contributed by atoms with Crippen molar-refractivity contribution in [2.45, 2.75) is 76.6 Å². The highest BCUT2D eigenvalue weighted by Crippen LogP contribution is 2.42. The summed E-state index contributed by atoms with van der Waals surface area (Å²) in [5.41, 5.74) is 0.0737. The predicted octanol–water partition coefficient (Wildman–Crippen LogP) is 3.64. The fourth-order valence-electron chi connectivity index (χ4n) is 3.09. The molecule has 0 radical (unpaired) electrons. The highest BCUT2D eigenvalue weighted by molar-refractivity contribution is 4.87. The van der Waals surface area contributed by atoms with Crippen molar-refractivity contribution in [3.05, 3.63) is 0 Å². The standard InChI is InChI=1S/C13H24O2/c1-3-7-12(2)8-6-10-13(15-12)9-4-5-11-14-13/h3-11H2,1-2H3. The average Bonchev–Trinajstić information content (AvgIpc) is 2.18. The van der Waals surface area contributed by atoms with E-state index in [1.54, 1.807) is 0 Å². The summed E-state index contributed by atoms with van der Waals surface area (Å²) in [7, 11) is 0. The Hall–Kier alpha value is -0.0800. The maximum atomic E-state index is 6.32. The molecule has 2 heteroatoms. The summed E-state index contributed by atoms with van der Waals surface area (Å²) in [5, 5.41) is 0. The van der Waals surface area contributed by atoms with E-state index < -0.39 is 0 Å². The Morgan fingerprint density at radius 1 is 1.07 bits per heavy atom. The van der Waals surface area contributed by atoms with Crippen molar-refractivity contribution in [2.75, 3.05) is 6.61 Å². The second-order valence-electron chi connectivity index (χ2n) is 5.37. The van der Waals surface area contributed by atoms with Crippen molar-refractivity contribution in [1.82, 2.24) is 0 Å². The molecule has 2 aliphatic rings. The predicted molar refractivity (Wildman–Crippen MR) is 60.8 cm³/mol. The topological polar surface area (TPSA) is 18.5 Å². The molecule has 2 aliphatic heterocycles. The molecule has 0 saturated carbocycles. The van der Waals surface area contributed by atoms with Crippen LogP contribution in [0, 0.1) is 0 Å². The Morgan fingerprint density at radius 2 is 1.87 bits per heavy atom. The van der Waals surface area contributed by atoms with Crippen molar-refractivity contribution >= 4 is 0 Å². The maximum absolute atomic E-state index is 6.32. The third kappa shape index (κ3) is 2.54. The Balaban J connectivity index is 2.01. The van der Waals surface area contributed by atoms with Gasteiger partial charge in [-0.1, -0.05) is 13.3 Å². The maximum Gasteiger partial charge on any atom is 0.169 e. The lowest BCUT2D eigenvalue weighted by Gasteiger charge is -2.48. The number of hydrogen-bond acceptors (Lipinski definition) is 2. The Kier molecular flexibility index (Phi) is 3.36. The van der Waals surface area contributed by atoms with Crippen molar-refractivity contribution in [3.63, 3.8) is 0 Å². The molecule has 15 heavy (non-hydrogen) atoms. The molecule has 0 N–H and O–H groups in total. The minimum Gasteiger partial charge on any atom is -0.350 e. The molecule has 0 bridgehead atoms. The monoisotopic (exact) mass is 212 g/mol. The zero-order valence-electron chi connectivity index (χ0n) is 10.2. The summed E-state index contributed by atoms with van der Waals surface area (Å²) >= 11 is 0. The molecule has 0 aliphatic carbocycles. The summed E-state index contributed by atoms with van der Waals surface area (Å²) < 4.78 is 12.2. The minimum atomic E-state index is -0.208. The van der Waals surface area contributed by atoms with Crippen LogP contribution >= 0.6 is 0 Å². The average molecular weight is 212 g/mol. The van der Waals surface area contributed by atoms with Gasteiger partial charge in [0.15, 0.2) is 5.79 Å². The Labute approximate surface area is 93.3 Å². The van der Waals surface area contributed by atoms with Crippen LogP contribution in [0.1, 0.15) is 65.2 Å². The number of rotatable bonds is 2. The van der Waals surface area contributed by atoms with Gasteiger partial charge < -0.3 is 9.47 Å². The van der Waals surface area contributed by atoms with Crippen LogP contribution in [0.25, 0.3) is 0 Å². The summed E-state index contributed by atoms with van der Waals surface area (Å²) in [6, 6.07) is 0. The lowest BCUT2D eigenvalue weighted by Crippen LogP contribution is -2.50. The van der Waals surface area contributed by atoms with Crippen LogP contribution < -0.4 is 0 Å². The SMILES string of the molecule is CCCC1(C)CCCC2(CCCCO2)O1.